The van der Waals surface area contributed by atoms with Gasteiger partial charge in [0.2, 0.25) is 5.78 Å². The number of ketones is 2. The van der Waals surface area contributed by atoms with E-state index in [9.17, 15) is 9.59 Å². The van der Waals surface area contributed by atoms with Crippen LogP contribution in [0.4, 0.5) is 5.69 Å². The predicted molar refractivity (Wildman–Crippen MR) is 106 cm³/mol. The molecule has 2 aromatic carbocycles. The van der Waals surface area contributed by atoms with Crippen molar-refractivity contribution in [2.75, 3.05) is 33.2 Å². The van der Waals surface area contributed by atoms with Gasteiger partial charge in [-0.2, -0.15) is 0 Å². The van der Waals surface area contributed by atoms with E-state index < -0.39 is 6.04 Å². The average Bonchev–Trinajstić information content (AvgIpc) is 2.69. The zero-order valence-electron chi connectivity index (χ0n) is 15.7. The molecule has 0 radical (unpaired) electrons. The number of hydrogen-bond donors (Lipinski definition) is 0. The van der Waals surface area contributed by atoms with E-state index in [4.69, 9.17) is 0 Å². The number of Topliss-reactive ketones (excluding diaryl/α,β-unsaturated/α-hetero) is 2. The van der Waals surface area contributed by atoms with E-state index in [2.05, 4.69) is 21.8 Å². The highest BCUT2D eigenvalue weighted by Gasteiger charge is 2.42. The summed E-state index contributed by atoms with van der Waals surface area (Å²) in [6, 6.07) is 14.2. The van der Waals surface area contributed by atoms with Crippen molar-refractivity contribution in [3.05, 3.63) is 65.2 Å². The van der Waals surface area contributed by atoms with E-state index in [1.807, 2.05) is 37.3 Å². The topological polar surface area (TPSA) is 53.0 Å². The Morgan fingerprint density at radius 2 is 1.52 bits per heavy atom. The molecule has 2 aromatic rings. The van der Waals surface area contributed by atoms with Gasteiger partial charge in [-0.1, -0.05) is 42.0 Å². The summed E-state index contributed by atoms with van der Waals surface area (Å²) in [5.41, 5.74) is 3.14. The van der Waals surface area contributed by atoms with E-state index in [1.54, 1.807) is 18.2 Å². The maximum absolute atomic E-state index is 13.3. The smallest absolute Gasteiger partial charge is 0.210 e. The third-order valence-electron chi connectivity index (χ3n) is 5.36. The van der Waals surface area contributed by atoms with Gasteiger partial charge in [0.15, 0.2) is 5.78 Å². The summed E-state index contributed by atoms with van der Waals surface area (Å²) in [6.07, 6.45) is 0. The zero-order valence-corrected chi connectivity index (χ0v) is 15.7. The first-order valence-corrected chi connectivity index (χ1v) is 9.30. The van der Waals surface area contributed by atoms with Gasteiger partial charge in [0.05, 0.1) is 5.69 Å². The summed E-state index contributed by atoms with van der Waals surface area (Å²) in [7, 11) is 2.07. The molecule has 1 fully saturated rings. The average molecular weight is 361 g/mol. The lowest BCUT2D eigenvalue weighted by Gasteiger charge is -2.39. The van der Waals surface area contributed by atoms with Gasteiger partial charge >= 0.3 is 0 Å². The lowest BCUT2D eigenvalue weighted by Crippen LogP contribution is -2.57. The normalized spacial score (nSPS) is 22.9. The first-order chi connectivity index (χ1) is 13.0. The minimum absolute atomic E-state index is 0.0272. The predicted octanol–water partition coefficient (Wildman–Crippen LogP) is 2.76. The van der Waals surface area contributed by atoms with Crippen molar-refractivity contribution in [2.24, 2.45) is 4.99 Å². The van der Waals surface area contributed by atoms with Gasteiger partial charge in [-0.15, -0.1) is 0 Å². The highest BCUT2D eigenvalue weighted by molar-refractivity contribution is 6.55. The van der Waals surface area contributed by atoms with Crippen molar-refractivity contribution in [1.82, 2.24) is 9.80 Å². The monoisotopic (exact) mass is 361 g/mol. The lowest BCUT2D eigenvalue weighted by molar-refractivity contribution is 0.0778. The Morgan fingerprint density at radius 1 is 0.889 bits per heavy atom. The third-order valence-corrected chi connectivity index (χ3v) is 5.36. The Morgan fingerprint density at radius 3 is 2.19 bits per heavy atom. The van der Waals surface area contributed by atoms with Crippen LogP contribution in [0.15, 0.2) is 53.5 Å². The van der Waals surface area contributed by atoms with Crippen LogP contribution in [0.5, 0.6) is 0 Å². The number of fused-ring (bicyclic) bond motifs is 1. The molecule has 138 valence electrons. The molecule has 27 heavy (non-hydrogen) atoms. The molecule has 1 saturated heterocycles. The molecule has 1 heterocycles. The van der Waals surface area contributed by atoms with Crippen LogP contribution < -0.4 is 0 Å². The second-order valence-electron chi connectivity index (χ2n) is 7.31. The number of carbonyl (C=O) groups is 2. The number of nitrogens with zero attached hydrogens (tertiary/aromatic N) is 3. The van der Waals surface area contributed by atoms with Gasteiger partial charge < -0.3 is 4.90 Å². The first kappa shape index (κ1) is 17.8. The Bertz CT molecular complexity index is 909. The van der Waals surface area contributed by atoms with Crippen LogP contribution in [0.1, 0.15) is 26.3 Å². The van der Waals surface area contributed by atoms with Crippen LogP contribution >= 0.6 is 0 Å². The molecule has 0 amide bonds. The maximum Gasteiger partial charge on any atom is 0.210 e. The summed E-state index contributed by atoms with van der Waals surface area (Å²) < 4.78 is 0. The van der Waals surface area contributed by atoms with Crippen molar-refractivity contribution in [3.8, 4) is 0 Å². The number of likely N-dealkylation sites (N-methyl/N-ethyl adjacent to an activating group) is 1. The molecule has 0 bridgehead atoms. The molecule has 0 N–H and O–H groups in total. The SMILES string of the molecule is Cc1ccc(N=C2C(=O)c3ccccc3C(=O)C2N2CCN(C)CC2)cc1. The molecule has 2 aliphatic rings. The van der Waals surface area contributed by atoms with Gasteiger partial charge in [0.1, 0.15) is 11.8 Å². The summed E-state index contributed by atoms with van der Waals surface area (Å²) in [5, 5.41) is 0. The lowest BCUT2D eigenvalue weighted by atomic mass is 9.83. The Balaban J connectivity index is 1.80. The molecule has 0 aromatic heterocycles. The molecule has 0 spiro atoms. The molecule has 1 unspecified atom stereocenters. The fourth-order valence-electron chi connectivity index (χ4n) is 3.72. The quantitative estimate of drug-likeness (QED) is 0.825. The minimum atomic E-state index is -0.609. The summed E-state index contributed by atoms with van der Waals surface area (Å²) >= 11 is 0. The minimum Gasteiger partial charge on any atom is -0.304 e. The number of aliphatic imine (C=N–C) groups is 1. The highest BCUT2D eigenvalue weighted by atomic mass is 16.1. The summed E-state index contributed by atoms with van der Waals surface area (Å²) in [4.78, 5) is 35.5. The second kappa shape index (κ2) is 7.18. The molecule has 1 aliphatic carbocycles. The number of hydrogen-bond acceptors (Lipinski definition) is 5. The van der Waals surface area contributed by atoms with Crippen LogP contribution in [0.25, 0.3) is 0 Å². The van der Waals surface area contributed by atoms with Crippen molar-refractivity contribution in [1.29, 1.82) is 0 Å². The van der Waals surface area contributed by atoms with Gasteiger partial charge in [-0.05, 0) is 26.1 Å². The van der Waals surface area contributed by atoms with Gasteiger partial charge in [0, 0.05) is 37.3 Å². The van der Waals surface area contributed by atoms with Crippen LogP contribution in [0, 0.1) is 6.92 Å². The van der Waals surface area contributed by atoms with Gasteiger partial charge in [-0.3, -0.25) is 14.5 Å². The standard InChI is InChI=1S/C22H23N3O2/c1-15-7-9-16(10-8-15)23-19-20(25-13-11-24(2)12-14-25)22(27)18-6-4-3-5-17(18)21(19)26/h3-10,20H,11-14H2,1-2H3. The number of rotatable bonds is 2. The Kier molecular flexibility index (Phi) is 4.72. The van der Waals surface area contributed by atoms with E-state index in [0.717, 1.165) is 31.7 Å². The molecule has 1 atom stereocenters. The van der Waals surface area contributed by atoms with Crippen LogP contribution in [-0.2, 0) is 0 Å². The van der Waals surface area contributed by atoms with Crippen LogP contribution in [0.3, 0.4) is 0 Å². The second-order valence-corrected chi connectivity index (χ2v) is 7.31. The van der Waals surface area contributed by atoms with Crippen molar-refractivity contribution < 1.29 is 9.59 Å². The van der Waals surface area contributed by atoms with Gasteiger partial charge in [0.25, 0.3) is 0 Å². The number of piperazine rings is 1. The van der Waals surface area contributed by atoms with Crippen molar-refractivity contribution in [2.45, 2.75) is 13.0 Å². The summed E-state index contributed by atoms with van der Waals surface area (Å²) in [5.74, 6) is -0.171. The van der Waals surface area contributed by atoms with E-state index in [1.165, 1.54) is 0 Å². The summed E-state index contributed by atoms with van der Waals surface area (Å²) in [6.45, 7) is 5.24. The highest BCUT2D eigenvalue weighted by Crippen LogP contribution is 2.26. The van der Waals surface area contributed by atoms with E-state index in [0.29, 0.717) is 22.5 Å². The number of carbonyl (C=O) groups excluding carboxylic acids is 2. The van der Waals surface area contributed by atoms with Crippen LogP contribution in [-0.4, -0.2) is 66.3 Å². The molecule has 0 saturated carbocycles. The zero-order chi connectivity index (χ0) is 19.0. The maximum atomic E-state index is 13.3. The Labute approximate surface area is 159 Å². The van der Waals surface area contributed by atoms with E-state index in [-0.39, 0.29) is 11.6 Å². The molecule has 5 nitrogen and oxygen atoms in total. The van der Waals surface area contributed by atoms with Crippen molar-refractivity contribution in [3.63, 3.8) is 0 Å². The molecule has 5 heteroatoms. The fourth-order valence-corrected chi connectivity index (χ4v) is 3.72. The first-order valence-electron chi connectivity index (χ1n) is 9.30. The number of aryl methyl sites for hydroxylation is 1. The van der Waals surface area contributed by atoms with Crippen LogP contribution in [0.2, 0.25) is 0 Å². The largest absolute Gasteiger partial charge is 0.304 e. The number of benzene rings is 2. The molecular formula is C22H23N3O2. The third kappa shape index (κ3) is 3.36. The molecule has 4 rings (SSSR count). The van der Waals surface area contributed by atoms with Crippen molar-refractivity contribution >= 4 is 23.0 Å². The molecule has 1 aliphatic heterocycles. The fraction of sp³-hybridized carbons (Fsp3) is 0.318. The van der Waals surface area contributed by atoms with E-state index >= 15 is 0 Å². The van der Waals surface area contributed by atoms with Gasteiger partial charge in [-0.25, -0.2) is 4.99 Å². The molecular weight excluding hydrogens is 338 g/mol. The Hall–Kier alpha value is -2.63.